The van der Waals surface area contributed by atoms with E-state index in [1.165, 1.54) is 5.56 Å². The zero-order valence-corrected chi connectivity index (χ0v) is 13.7. The van der Waals surface area contributed by atoms with Crippen molar-refractivity contribution in [1.29, 1.82) is 0 Å². The molecule has 1 atom stereocenters. The van der Waals surface area contributed by atoms with Crippen molar-refractivity contribution in [2.75, 3.05) is 0 Å². The first-order valence-corrected chi connectivity index (χ1v) is 7.92. The largest absolute Gasteiger partial charge is 0.491 e. The maximum atomic E-state index is 5.74. The van der Waals surface area contributed by atoms with Crippen molar-refractivity contribution in [2.45, 2.75) is 39.5 Å². The van der Waals surface area contributed by atoms with Gasteiger partial charge < -0.3 is 10.1 Å². The third-order valence-electron chi connectivity index (χ3n) is 3.61. The van der Waals surface area contributed by atoms with E-state index in [4.69, 9.17) is 4.74 Å². The van der Waals surface area contributed by atoms with Crippen molar-refractivity contribution in [3.8, 4) is 5.75 Å². The van der Waals surface area contributed by atoms with E-state index in [2.05, 4.69) is 34.6 Å². The van der Waals surface area contributed by atoms with Gasteiger partial charge in [0.25, 0.3) is 0 Å². The molecule has 2 heterocycles. The van der Waals surface area contributed by atoms with Crippen molar-refractivity contribution < 1.29 is 4.74 Å². The second-order valence-corrected chi connectivity index (χ2v) is 5.90. The molecule has 2 aromatic heterocycles. The number of aromatic nitrogens is 3. The number of benzene rings is 1. The van der Waals surface area contributed by atoms with Gasteiger partial charge in [0.05, 0.1) is 12.1 Å². The zero-order valence-electron chi connectivity index (χ0n) is 13.7. The number of pyridine rings is 1. The lowest BCUT2D eigenvalue weighted by Crippen LogP contribution is -2.20. The fourth-order valence-electron chi connectivity index (χ4n) is 2.52. The van der Waals surface area contributed by atoms with Crippen LogP contribution in [0.1, 0.15) is 38.2 Å². The summed E-state index contributed by atoms with van der Waals surface area (Å²) in [6.07, 6.45) is 2.17. The third kappa shape index (κ3) is 3.68. The average molecular weight is 310 g/mol. The van der Waals surface area contributed by atoms with Gasteiger partial charge in [-0.3, -0.25) is 4.40 Å². The molecule has 1 unspecified atom stereocenters. The smallest absolute Gasteiger partial charge is 0.160 e. The molecule has 0 bridgehead atoms. The van der Waals surface area contributed by atoms with Crippen LogP contribution in [-0.2, 0) is 6.54 Å². The van der Waals surface area contributed by atoms with Crippen LogP contribution in [0.2, 0.25) is 0 Å². The van der Waals surface area contributed by atoms with E-state index in [1.54, 1.807) is 0 Å². The lowest BCUT2D eigenvalue weighted by atomic mass is 10.2. The molecule has 3 rings (SSSR count). The summed E-state index contributed by atoms with van der Waals surface area (Å²) in [5.41, 5.74) is 2.05. The first kappa shape index (κ1) is 15.5. The summed E-state index contributed by atoms with van der Waals surface area (Å²) < 4.78 is 7.75. The first-order chi connectivity index (χ1) is 11.1. The van der Waals surface area contributed by atoms with Gasteiger partial charge in [0.15, 0.2) is 11.5 Å². The van der Waals surface area contributed by atoms with Crippen LogP contribution in [0, 0.1) is 0 Å². The second kappa shape index (κ2) is 6.79. The van der Waals surface area contributed by atoms with E-state index >= 15 is 0 Å². The molecule has 0 radical (unpaired) electrons. The lowest BCUT2D eigenvalue weighted by Gasteiger charge is -2.14. The molecule has 120 valence electrons. The maximum absolute atomic E-state index is 5.74. The van der Waals surface area contributed by atoms with Gasteiger partial charge in [-0.05, 0) is 50.6 Å². The molecule has 0 aliphatic heterocycles. The summed E-state index contributed by atoms with van der Waals surface area (Å²) in [4.78, 5) is 0. The molecule has 0 spiro atoms. The van der Waals surface area contributed by atoms with E-state index in [0.717, 1.165) is 23.8 Å². The SMILES string of the molecule is CC(C)Oc1cccc(CNC(C)c2nnc3ccccn23)c1. The molecule has 0 aliphatic carbocycles. The van der Waals surface area contributed by atoms with Crippen LogP contribution in [0.4, 0.5) is 0 Å². The second-order valence-electron chi connectivity index (χ2n) is 5.90. The molecule has 23 heavy (non-hydrogen) atoms. The fraction of sp³-hybridized carbons (Fsp3) is 0.333. The van der Waals surface area contributed by atoms with E-state index < -0.39 is 0 Å². The summed E-state index contributed by atoms with van der Waals surface area (Å²) in [6, 6.07) is 14.2. The molecule has 0 saturated heterocycles. The van der Waals surface area contributed by atoms with Gasteiger partial charge in [-0.15, -0.1) is 10.2 Å². The molecule has 0 fully saturated rings. The summed E-state index contributed by atoms with van der Waals surface area (Å²) in [6.45, 7) is 6.91. The number of ether oxygens (including phenoxy) is 1. The molecule has 0 amide bonds. The minimum absolute atomic E-state index is 0.0991. The number of hydrogen-bond donors (Lipinski definition) is 1. The monoisotopic (exact) mass is 310 g/mol. The van der Waals surface area contributed by atoms with Crippen LogP contribution in [0.5, 0.6) is 5.75 Å². The average Bonchev–Trinajstić information content (AvgIpc) is 2.96. The molecule has 0 aliphatic rings. The van der Waals surface area contributed by atoms with E-state index in [-0.39, 0.29) is 12.1 Å². The summed E-state index contributed by atoms with van der Waals surface area (Å²) in [5, 5.41) is 12.0. The molecule has 1 N–H and O–H groups in total. The molecule has 1 aromatic carbocycles. The number of fused-ring (bicyclic) bond motifs is 1. The molecule has 3 aromatic rings. The number of rotatable bonds is 6. The highest BCUT2D eigenvalue weighted by molar-refractivity contribution is 5.37. The van der Waals surface area contributed by atoms with Crippen LogP contribution >= 0.6 is 0 Å². The van der Waals surface area contributed by atoms with Gasteiger partial charge in [0.1, 0.15) is 5.75 Å². The minimum Gasteiger partial charge on any atom is -0.491 e. The molecule has 0 saturated carbocycles. The Hall–Kier alpha value is -2.40. The molecule has 5 heteroatoms. The Morgan fingerprint density at radius 1 is 1.09 bits per heavy atom. The van der Waals surface area contributed by atoms with Gasteiger partial charge in [-0.1, -0.05) is 18.2 Å². The highest BCUT2D eigenvalue weighted by Gasteiger charge is 2.12. The van der Waals surface area contributed by atoms with Crippen LogP contribution in [0.3, 0.4) is 0 Å². The standard InChI is InChI=1S/C18H22N4O/c1-13(2)23-16-8-6-7-15(11-16)12-19-14(3)18-21-20-17-9-4-5-10-22(17)18/h4-11,13-14,19H,12H2,1-3H3. The predicted octanol–water partition coefficient (Wildman–Crippen LogP) is 3.37. The first-order valence-electron chi connectivity index (χ1n) is 7.92. The van der Waals surface area contributed by atoms with Crippen molar-refractivity contribution in [2.24, 2.45) is 0 Å². The van der Waals surface area contributed by atoms with Crippen LogP contribution in [-0.4, -0.2) is 20.7 Å². The van der Waals surface area contributed by atoms with Crippen molar-refractivity contribution in [3.05, 3.63) is 60.0 Å². The van der Waals surface area contributed by atoms with Crippen LogP contribution < -0.4 is 10.1 Å². The Kier molecular flexibility index (Phi) is 4.57. The van der Waals surface area contributed by atoms with Gasteiger partial charge in [-0.25, -0.2) is 0 Å². The van der Waals surface area contributed by atoms with Crippen LogP contribution in [0.15, 0.2) is 48.7 Å². The third-order valence-corrected chi connectivity index (χ3v) is 3.61. The predicted molar refractivity (Wildman–Crippen MR) is 90.4 cm³/mol. The van der Waals surface area contributed by atoms with Gasteiger partial charge >= 0.3 is 0 Å². The number of nitrogens with one attached hydrogen (secondary N) is 1. The molecule has 5 nitrogen and oxygen atoms in total. The van der Waals surface area contributed by atoms with E-state index in [9.17, 15) is 0 Å². The van der Waals surface area contributed by atoms with Gasteiger partial charge in [-0.2, -0.15) is 0 Å². The quantitative estimate of drug-likeness (QED) is 0.758. The Labute approximate surface area is 136 Å². The van der Waals surface area contributed by atoms with E-state index in [1.807, 2.05) is 54.8 Å². The normalized spacial score (nSPS) is 12.7. The molecular formula is C18H22N4O. The Balaban J connectivity index is 1.68. The van der Waals surface area contributed by atoms with Crippen LogP contribution in [0.25, 0.3) is 5.65 Å². The zero-order chi connectivity index (χ0) is 16.2. The summed E-state index contributed by atoms with van der Waals surface area (Å²) in [7, 11) is 0. The summed E-state index contributed by atoms with van der Waals surface area (Å²) in [5.74, 6) is 1.81. The van der Waals surface area contributed by atoms with Gasteiger partial charge in [0.2, 0.25) is 0 Å². The topological polar surface area (TPSA) is 51.5 Å². The van der Waals surface area contributed by atoms with Crippen molar-refractivity contribution in [1.82, 2.24) is 19.9 Å². The van der Waals surface area contributed by atoms with Crippen molar-refractivity contribution >= 4 is 5.65 Å². The highest BCUT2D eigenvalue weighted by atomic mass is 16.5. The Morgan fingerprint density at radius 2 is 1.96 bits per heavy atom. The fourth-order valence-corrected chi connectivity index (χ4v) is 2.52. The van der Waals surface area contributed by atoms with Gasteiger partial charge in [0, 0.05) is 12.7 Å². The maximum Gasteiger partial charge on any atom is 0.160 e. The number of hydrogen-bond acceptors (Lipinski definition) is 4. The number of nitrogens with zero attached hydrogens (tertiary/aromatic N) is 3. The van der Waals surface area contributed by atoms with E-state index in [0.29, 0.717) is 0 Å². The minimum atomic E-state index is 0.0991. The summed E-state index contributed by atoms with van der Waals surface area (Å²) >= 11 is 0. The Morgan fingerprint density at radius 3 is 2.78 bits per heavy atom. The highest BCUT2D eigenvalue weighted by Crippen LogP contribution is 2.17. The molecular weight excluding hydrogens is 288 g/mol. The lowest BCUT2D eigenvalue weighted by molar-refractivity contribution is 0.242. The van der Waals surface area contributed by atoms with Crippen molar-refractivity contribution in [3.63, 3.8) is 0 Å². The Bertz CT molecular complexity index is 781.